The van der Waals surface area contributed by atoms with Gasteiger partial charge in [0.15, 0.2) is 0 Å². The van der Waals surface area contributed by atoms with E-state index in [-0.39, 0.29) is 11.0 Å². The number of fused-ring (bicyclic) bond motifs is 1. The van der Waals surface area contributed by atoms with Crippen molar-refractivity contribution in [3.63, 3.8) is 0 Å². The lowest BCUT2D eigenvalue weighted by Crippen LogP contribution is -2.68. The van der Waals surface area contributed by atoms with E-state index >= 15 is 0 Å². The molecule has 4 nitrogen and oxygen atoms in total. The van der Waals surface area contributed by atoms with Gasteiger partial charge in [-0.2, -0.15) is 0 Å². The van der Waals surface area contributed by atoms with Crippen molar-refractivity contribution in [2.75, 3.05) is 20.5 Å². The molecule has 0 fully saturated rings. The molecule has 4 rings (SSSR count). The summed E-state index contributed by atoms with van der Waals surface area (Å²) in [4.78, 5) is 0. The van der Waals surface area contributed by atoms with Crippen LogP contribution in [0.4, 0.5) is 0 Å². The van der Waals surface area contributed by atoms with E-state index in [4.69, 9.17) is 18.6 Å². The summed E-state index contributed by atoms with van der Waals surface area (Å²) in [6.45, 7) is 14.1. The van der Waals surface area contributed by atoms with Crippen LogP contribution in [0.1, 0.15) is 58.1 Å². The van der Waals surface area contributed by atoms with Crippen molar-refractivity contribution in [2.45, 2.75) is 64.5 Å². The summed E-state index contributed by atoms with van der Waals surface area (Å²) in [5.41, 5.74) is 1.80. The average Bonchev–Trinajstić information content (AvgIpc) is 3.00. The van der Waals surface area contributed by atoms with Crippen LogP contribution in [0.25, 0.3) is 0 Å². The van der Waals surface area contributed by atoms with Gasteiger partial charge in [0.25, 0.3) is 0 Å². The van der Waals surface area contributed by atoms with Gasteiger partial charge in [-0.15, -0.1) is 0 Å². The lowest BCUT2D eigenvalue weighted by Gasteiger charge is -2.43. The summed E-state index contributed by atoms with van der Waals surface area (Å²) in [6.07, 6.45) is 5.24. The van der Waals surface area contributed by atoms with Crippen molar-refractivity contribution in [1.29, 1.82) is 0 Å². The molecule has 0 saturated carbocycles. The maximum atomic E-state index is 7.43. The largest absolute Gasteiger partial charge is 0.534 e. The topological polar surface area (TPSA) is 36.9 Å². The van der Waals surface area contributed by atoms with E-state index in [2.05, 4.69) is 126 Å². The third kappa shape index (κ3) is 5.90. The second-order valence-corrected chi connectivity index (χ2v) is 15.9. The first-order valence-electron chi connectivity index (χ1n) is 13.5. The second-order valence-electron chi connectivity index (χ2n) is 11.7. The quantitative estimate of drug-likeness (QED) is 0.133. The number of ether oxygens (including phenoxy) is 3. The Morgan fingerprint density at radius 2 is 1.53 bits per heavy atom. The van der Waals surface area contributed by atoms with Gasteiger partial charge in [0.2, 0.25) is 0 Å². The van der Waals surface area contributed by atoms with Crippen LogP contribution in [0, 0.1) is 6.92 Å². The standard InChI is InChI=1S/C33H42O4Si/c1-25-22-31-29(26(19-21-35-24-34-7)18-20-33(5,6)36-31)23-30(25)37-38(32(2,3)4,27-14-10-8-11-15-27)28-16-12-9-13-17-28/h8-18,20,22-23,26H,19,21,24H2,1-7H3/t26-/m1/s1. The van der Waals surface area contributed by atoms with Gasteiger partial charge in [-0.05, 0) is 66.4 Å². The Labute approximate surface area is 229 Å². The van der Waals surface area contributed by atoms with Crippen LogP contribution >= 0.6 is 0 Å². The molecule has 0 spiro atoms. The van der Waals surface area contributed by atoms with E-state index in [9.17, 15) is 0 Å². The van der Waals surface area contributed by atoms with Gasteiger partial charge >= 0.3 is 8.32 Å². The van der Waals surface area contributed by atoms with Crippen LogP contribution in [-0.2, 0) is 9.47 Å². The third-order valence-electron chi connectivity index (χ3n) is 7.26. The minimum atomic E-state index is -2.77. The molecule has 0 radical (unpaired) electrons. The molecule has 0 amide bonds. The maximum Gasteiger partial charge on any atom is 0.319 e. The minimum absolute atomic E-state index is 0.124. The first kappa shape index (κ1) is 28.2. The average molecular weight is 531 g/mol. The molecule has 38 heavy (non-hydrogen) atoms. The van der Waals surface area contributed by atoms with Crippen molar-refractivity contribution >= 4 is 18.7 Å². The molecule has 0 unspecified atom stereocenters. The molecule has 0 bridgehead atoms. The first-order chi connectivity index (χ1) is 18.1. The zero-order valence-corrected chi connectivity index (χ0v) is 24.9. The lowest BCUT2D eigenvalue weighted by atomic mass is 9.93. The smallest absolute Gasteiger partial charge is 0.319 e. The molecule has 202 valence electrons. The van der Waals surface area contributed by atoms with Gasteiger partial charge < -0.3 is 18.6 Å². The van der Waals surface area contributed by atoms with Crippen molar-refractivity contribution in [2.24, 2.45) is 0 Å². The Bertz CT molecular complexity index is 1190. The molecule has 1 aliphatic heterocycles. The molecule has 3 aromatic carbocycles. The highest BCUT2D eigenvalue weighted by Gasteiger charge is 2.52. The maximum absolute atomic E-state index is 7.43. The molecule has 1 aliphatic rings. The van der Waals surface area contributed by atoms with E-state index < -0.39 is 13.9 Å². The fraction of sp³-hybridized carbons (Fsp3) is 0.394. The van der Waals surface area contributed by atoms with E-state index in [0.717, 1.165) is 29.0 Å². The Morgan fingerprint density at radius 1 is 0.921 bits per heavy atom. The first-order valence-corrected chi connectivity index (χ1v) is 15.4. The molecule has 1 atom stereocenters. The van der Waals surface area contributed by atoms with Gasteiger partial charge in [-0.25, -0.2) is 0 Å². The van der Waals surface area contributed by atoms with Gasteiger partial charge in [0.05, 0.1) is 6.61 Å². The highest BCUT2D eigenvalue weighted by molar-refractivity contribution is 7.00. The number of hydrogen-bond acceptors (Lipinski definition) is 4. The fourth-order valence-electron chi connectivity index (χ4n) is 5.35. The number of benzene rings is 3. The lowest BCUT2D eigenvalue weighted by molar-refractivity contribution is -0.0317. The Balaban J connectivity index is 1.85. The van der Waals surface area contributed by atoms with Gasteiger partial charge in [0.1, 0.15) is 23.9 Å². The van der Waals surface area contributed by atoms with Gasteiger partial charge in [-0.3, -0.25) is 0 Å². The van der Waals surface area contributed by atoms with Crippen LogP contribution in [0.15, 0.2) is 84.9 Å². The van der Waals surface area contributed by atoms with Crippen LogP contribution in [0.2, 0.25) is 5.04 Å². The molecule has 1 heterocycles. The zero-order chi connectivity index (χ0) is 27.4. The predicted octanol–water partition coefficient (Wildman–Crippen LogP) is 6.76. The van der Waals surface area contributed by atoms with Crippen molar-refractivity contribution in [3.05, 3.63) is 96.1 Å². The molecule has 3 aromatic rings. The highest BCUT2D eigenvalue weighted by atomic mass is 28.4. The predicted molar refractivity (Wildman–Crippen MR) is 158 cm³/mol. The SMILES string of the molecule is COCOCC[C@H]1C=CC(C)(C)Oc2cc(C)c(O[Si](c3ccccc3)(c3ccccc3)C(C)(C)C)cc21. The summed E-state index contributed by atoms with van der Waals surface area (Å²) < 4.78 is 24.7. The molecular formula is C33H42O4Si. The molecular weight excluding hydrogens is 488 g/mol. The highest BCUT2D eigenvalue weighted by Crippen LogP contribution is 2.43. The van der Waals surface area contributed by atoms with E-state index in [0.29, 0.717) is 13.4 Å². The van der Waals surface area contributed by atoms with E-state index in [1.807, 2.05) is 0 Å². The minimum Gasteiger partial charge on any atom is -0.534 e. The summed E-state index contributed by atoms with van der Waals surface area (Å²) >= 11 is 0. The summed E-state index contributed by atoms with van der Waals surface area (Å²) in [6, 6.07) is 25.9. The van der Waals surface area contributed by atoms with Crippen LogP contribution in [0.5, 0.6) is 11.5 Å². The summed E-state index contributed by atoms with van der Waals surface area (Å²) in [5, 5.41) is 2.39. The molecule has 5 heteroatoms. The third-order valence-corrected chi connectivity index (χ3v) is 12.2. The zero-order valence-electron chi connectivity index (χ0n) is 23.9. The fourth-order valence-corrected chi connectivity index (χ4v) is 9.83. The van der Waals surface area contributed by atoms with Crippen molar-refractivity contribution < 1.29 is 18.6 Å². The van der Waals surface area contributed by atoms with Gasteiger partial charge in [-0.1, -0.05) is 87.5 Å². The van der Waals surface area contributed by atoms with Crippen molar-refractivity contribution in [3.8, 4) is 11.5 Å². The van der Waals surface area contributed by atoms with E-state index in [1.165, 1.54) is 10.4 Å². The second kappa shape index (κ2) is 11.5. The van der Waals surface area contributed by atoms with Crippen molar-refractivity contribution in [1.82, 2.24) is 0 Å². The number of methoxy groups -OCH3 is 1. The monoisotopic (exact) mass is 530 g/mol. The number of hydrogen-bond donors (Lipinski definition) is 0. The molecule has 0 aliphatic carbocycles. The Hall–Kier alpha value is -2.86. The summed E-state index contributed by atoms with van der Waals surface area (Å²) in [5.74, 6) is 1.97. The molecule has 0 N–H and O–H groups in total. The number of allylic oxidation sites excluding steroid dienone is 1. The molecule has 0 saturated heterocycles. The number of aryl methyl sites for hydroxylation is 1. The normalized spacial score (nSPS) is 16.9. The summed E-state index contributed by atoms with van der Waals surface area (Å²) in [7, 11) is -1.12. The van der Waals surface area contributed by atoms with Gasteiger partial charge in [0, 0.05) is 18.6 Å². The van der Waals surface area contributed by atoms with Crippen LogP contribution < -0.4 is 19.5 Å². The Kier molecular flexibility index (Phi) is 8.51. The Morgan fingerprint density at radius 3 is 2.08 bits per heavy atom. The van der Waals surface area contributed by atoms with Crippen LogP contribution in [0.3, 0.4) is 0 Å². The van der Waals surface area contributed by atoms with Crippen LogP contribution in [-0.4, -0.2) is 34.4 Å². The number of rotatable bonds is 9. The van der Waals surface area contributed by atoms with E-state index in [1.54, 1.807) is 7.11 Å². The molecule has 0 aromatic heterocycles.